The number of fused-ring (bicyclic) bond motifs is 1. The van der Waals surface area contributed by atoms with E-state index in [9.17, 15) is 9.90 Å². The van der Waals surface area contributed by atoms with Crippen LogP contribution in [0.3, 0.4) is 0 Å². The Balaban J connectivity index is 1.75. The first-order valence-electron chi connectivity index (χ1n) is 9.50. The predicted molar refractivity (Wildman–Crippen MR) is 109 cm³/mol. The number of aryl methyl sites for hydroxylation is 1. The van der Waals surface area contributed by atoms with Crippen molar-refractivity contribution in [3.63, 3.8) is 0 Å². The number of aromatic nitrogens is 5. The van der Waals surface area contributed by atoms with Gasteiger partial charge in [0.05, 0.1) is 19.3 Å². The maximum absolute atomic E-state index is 12.7. The minimum atomic E-state index is -0.399. The Morgan fingerprint density at radius 1 is 1.27 bits per heavy atom. The van der Waals surface area contributed by atoms with E-state index in [1.807, 2.05) is 25.1 Å². The van der Waals surface area contributed by atoms with Crippen LogP contribution in [0.25, 0.3) is 11.5 Å². The Hall–Kier alpha value is -3.66. The molecule has 0 spiro atoms. The van der Waals surface area contributed by atoms with Crippen LogP contribution in [0.1, 0.15) is 23.0 Å². The number of carbonyl (C=O) groups excluding carboxylic acids is 1. The second-order valence-electron chi connectivity index (χ2n) is 6.86. The van der Waals surface area contributed by atoms with E-state index < -0.39 is 6.04 Å². The van der Waals surface area contributed by atoms with Gasteiger partial charge in [-0.25, -0.2) is 24.9 Å². The van der Waals surface area contributed by atoms with Crippen molar-refractivity contribution in [3.05, 3.63) is 48.2 Å². The minimum Gasteiger partial charge on any atom is -0.486 e. The smallest absolute Gasteiger partial charge is 0.256 e. The fraction of sp³-hybridized carbons (Fsp3) is 0.300. The van der Waals surface area contributed by atoms with Crippen molar-refractivity contribution in [1.29, 1.82) is 0 Å². The summed E-state index contributed by atoms with van der Waals surface area (Å²) < 4.78 is 5.71. The number of aliphatic hydroxyl groups excluding tert-OH is 1. The first kappa shape index (κ1) is 19.6. The third kappa shape index (κ3) is 3.90. The van der Waals surface area contributed by atoms with E-state index in [1.54, 1.807) is 18.0 Å². The van der Waals surface area contributed by atoms with Gasteiger partial charge in [0.15, 0.2) is 23.2 Å². The van der Waals surface area contributed by atoms with E-state index >= 15 is 0 Å². The van der Waals surface area contributed by atoms with Crippen molar-refractivity contribution in [3.8, 4) is 17.3 Å². The van der Waals surface area contributed by atoms with Gasteiger partial charge in [-0.2, -0.15) is 0 Å². The van der Waals surface area contributed by atoms with Crippen molar-refractivity contribution in [2.75, 3.05) is 24.7 Å². The van der Waals surface area contributed by atoms with Crippen LogP contribution in [0.2, 0.25) is 0 Å². The summed E-state index contributed by atoms with van der Waals surface area (Å²) in [6.07, 6.45) is 4.42. The number of rotatable bonds is 5. The molecular formula is C20H21N7O3. The maximum Gasteiger partial charge on any atom is 0.256 e. The molecule has 154 valence electrons. The number of hydrogen-bond acceptors (Lipinski definition) is 9. The predicted octanol–water partition coefficient (Wildman–Crippen LogP) is 1.28. The normalized spacial score (nSPS) is 13.9. The monoisotopic (exact) mass is 407 g/mol. The Morgan fingerprint density at radius 3 is 2.93 bits per heavy atom. The van der Waals surface area contributed by atoms with E-state index in [1.165, 1.54) is 12.5 Å². The van der Waals surface area contributed by atoms with Gasteiger partial charge < -0.3 is 20.1 Å². The number of nitrogens with one attached hydrogen (secondary N) is 1. The summed E-state index contributed by atoms with van der Waals surface area (Å²) in [5, 5.41) is 12.0. The zero-order valence-electron chi connectivity index (χ0n) is 16.6. The zero-order valence-corrected chi connectivity index (χ0v) is 16.6. The Kier molecular flexibility index (Phi) is 5.48. The lowest BCUT2D eigenvalue weighted by molar-refractivity contribution is 0.0922. The summed E-state index contributed by atoms with van der Waals surface area (Å²) in [5.74, 6) is 1.46. The number of carbonyl (C=O) groups is 1. The summed E-state index contributed by atoms with van der Waals surface area (Å²) >= 11 is 0. The molecule has 2 N–H and O–H groups in total. The van der Waals surface area contributed by atoms with Gasteiger partial charge in [-0.3, -0.25) is 4.79 Å². The number of hydrogen-bond donors (Lipinski definition) is 2. The van der Waals surface area contributed by atoms with Crippen molar-refractivity contribution in [1.82, 2.24) is 30.2 Å². The fourth-order valence-electron chi connectivity index (χ4n) is 3.05. The molecule has 0 aliphatic carbocycles. The van der Waals surface area contributed by atoms with Crippen molar-refractivity contribution in [2.24, 2.45) is 0 Å². The number of nitrogens with zero attached hydrogens (tertiary/aromatic N) is 6. The lowest BCUT2D eigenvalue weighted by Crippen LogP contribution is -2.37. The molecule has 3 aromatic heterocycles. The molecule has 30 heavy (non-hydrogen) atoms. The molecule has 1 amide bonds. The summed E-state index contributed by atoms with van der Waals surface area (Å²) in [7, 11) is 0. The highest BCUT2D eigenvalue weighted by Gasteiger charge is 2.28. The molecule has 1 unspecified atom stereocenters. The average Bonchev–Trinajstić information content (AvgIpc) is 2.78. The molecule has 1 aliphatic heterocycles. The molecule has 0 radical (unpaired) electrons. The van der Waals surface area contributed by atoms with Crippen LogP contribution in [-0.4, -0.2) is 61.7 Å². The topological polar surface area (TPSA) is 126 Å². The summed E-state index contributed by atoms with van der Waals surface area (Å²) in [5.41, 5.74) is 1.77. The van der Waals surface area contributed by atoms with Gasteiger partial charge in [-0.15, -0.1) is 0 Å². The summed E-state index contributed by atoms with van der Waals surface area (Å²) in [6.45, 7) is 4.26. The Labute approximate surface area is 173 Å². The van der Waals surface area contributed by atoms with Crippen LogP contribution < -0.4 is 15.0 Å². The first-order chi connectivity index (χ1) is 14.6. The number of aliphatic hydroxyl groups is 1. The molecule has 4 rings (SSSR count). The van der Waals surface area contributed by atoms with E-state index in [-0.39, 0.29) is 18.1 Å². The highest BCUT2D eigenvalue weighted by molar-refractivity contribution is 5.99. The largest absolute Gasteiger partial charge is 0.486 e. The van der Waals surface area contributed by atoms with E-state index in [4.69, 9.17) is 4.74 Å². The van der Waals surface area contributed by atoms with Crippen LogP contribution in [-0.2, 0) is 0 Å². The molecule has 10 heteroatoms. The molecule has 1 aliphatic rings. The van der Waals surface area contributed by atoms with Gasteiger partial charge in [-0.05, 0) is 26.0 Å². The average molecular weight is 407 g/mol. The Bertz CT molecular complexity index is 1080. The van der Waals surface area contributed by atoms with E-state index in [0.717, 1.165) is 5.69 Å². The number of anilines is 2. The second-order valence-corrected chi connectivity index (χ2v) is 6.86. The molecule has 4 heterocycles. The molecule has 0 fully saturated rings. The molecule has 3 aromatic rings. The molecular weight excluding hydrogens is 386 g/mol. The van der Waals surface area contributed by atoms with Gasteiger partial charge in [0.2, 0.25) is 0 Å². The van der Waals surface area contributed by atoms with Gasteiger partial charge in [0.25, 0.3) is 5.91 Å². The third-order valence-corrected chi connectivity index (χ3v) is 4.52. The van der Waals surface area contributed by atoms with Gasteiger partial charge in [0.1, 0.15) is 24.2 Å². The Morgan fingerprint density at radius 2 is 2.13 bits per heavy atom. The second kappa shape index (κ2) is 8.37. The van der Waals surface area contributed by atoms with Crippen LogP contribution in [0.15, 0.2) is 36.9 Å². The number of pyridine rings is 1. The zero-order chi connectivity index (χ0) is 21.1. The highest BCUT2D eigenvalue weighted by atomic mass is 16.5. The fourth-order valence-corrected chi connectivity index (χ4v) is 3.05. The standard InChI is InChI=1S/C20H21N7O3/c1-12-4-3-5-15(24-12)17-22-9-16-19(26-17)27(6-7-30-16)18-14(8-21-11-23-18)20(29)25-13(2)10-28/h3-5,8-9,11,13,28H,6-7,10H2,1-2H3,(H,25,29). The van der Waals surface area contributed by atoms with Crippen LogP contribution in [0, 0.1) is 6.92 Å². The minimum absolute atomic E-state index is 0.171. The van der Waals surface area contributed by atoms with Gasteiger partial charge in [0, 0.05) is 17.9 Å². The summed E-state index contributed by atoms with van der Waals surface area (Å²) in [6, 6.07) is 5.23. The third-order valence-electron chi connectivity index (χ3n) is 4.52. The van der Waals surface area contributed by atoms with Crippen molar-refractivity contribution < 1.29 is 14.6 Å². The van der Waals surface area contributed by atoms with Crippen LogP contribution in [0.5, 0.6) is 5.75 Å². The lowest BCUT2D eigenvalue weighted by atomic mass is 10.2. The molecule has 0 saturated heterocycles. The first-order valence-corrected chi connectivity index (χ1v) is 9.50. The molecule has 0 aromatic carbocycles. The summed E-state index contributed by atoms with van der Waals surface area (Å²) in [4.78, 5) is 36.3. The van der Waals surface area contributed by atoms with Crippen LogP contribution in [0.4, 0.5) is 11.6 Å². The number of ether oxygens (including phenoxy) is 1. The van der Waals surface area contributed by atoms with Crippen molar-refractivity contribution >= 4 is 17.5 Å². The molecule has 1 atom stereocenters. The quantitative estimate of drug-likeness (QED) is 0.643. The van der Waals surface area contributed by atoms with Crippen molar-refractivity contribution in [2.45, 2.75) is 19.9 Å². The van der Waals surface area contributed by atoms with Gasteiger partial charge in [-0.1, -0.05) is 6.07 Å². The van der Waals surface area contributed by atoms with Gasteiger partial charge >= 0.3 is 0 Å². The molecule has 10 nitrogen and oxygen atoms in total. The molecule has 0 bridgehead atoms. The van der Waals surface area contributed by atoms with Crippen LogP contribution >= 0.6 is 0 Å². The maximum atomic E-state index is 12.7. The lowest BCUT2D eigenvalue weighted by Gasteiger charge is -2.30. The number of amides is 1. The van der Waals surface area contributed by atoms with E-state index in [2.05, 4.69) is 30.2 Å². The highest BCUT2D eigenvalue weighted by Crippen LogP contribution is 2.35. The van der Waals surface area contributed by atoms with E-state index in [0.29, 0.717) is 42.1 Å². The molecule has 0 saturated carbocycles. The SMILES string of the molecule is Cc1cccc(-c2ncc3c(n2)N(c2ncncc2C(=O)NC(C)CO)CCO3)n1.